The maximum Gasteiger partial charge on any atom is 0.193 e. The third-order valence-electron chi connectivity index (χ3n) is 4.89. The third kappa shape index (κ3) is 6.38. The Morgan fingerprint density at radius 2 is 1.89 bits per heavy atom. The maximum absolute atomic E-state index is 5.92. The number of hydrogen-bond acceptors (Lipinski definition) is 3. The summed E-state index contributed by atoms with van der Waals surface area (Å²) < 4.78 is 11.3. The zero-order chi connectivity index (χ0) is 18.9. The van der Waals surface area contributed by atoms with Crippen molar-refractivity contribution >= 4 is 29.9 Å². The van der Waals surface area contributed by atoms with Crippen molar-refractivity contribution in [3.05, 3.63) is 65.7 Å². The van der Waals surface area contributed by atoms with Gasteiger partial charge in [-0.3, -0.25) is 4.99 Å². The zero-order valence-corrected chi connectivity index (χ0v) is 19.0. The van der Waals surface area contributed by atoms with Gasteiger partial charge in [0.1, 0.15) is 5.75 Å². The van der Waals surface area contributed by atoms with Gasteiger partial charge in [0.25, 0.3) is 0 Å². The number of guanidine groups is 1. The third-order valence-corrected chi connectivity index (χ3v) is 4.89. The van der Waals surface area contributed by atoms with Gasteiger partial charge in [0.15, 0.2) is 5.96 Å². The number of hydrogen-bond donors (Lipinski definition) is 1. The summed E-state index contributed by atoms with van der Waals surface area (Å²) in [5, 5.41) is 3.46. The van der Waals surface area contributed by atoms with Gasteiger partial charge in [0, 0.05) is 38.2 Å². The molecule has 0 aliphatic carbocycles. The Balaban J connectivity index is 0.00000280. The molecule has 28 heavy (non-hydrogen) atoms. The van der Waals surface area contributed by atoms with Crippen LogP contribution in [-0.4, -0.2) is 44.7 Å². The number of rotatable bonds is 7. The van der Waals surface area contributed by atoms with Gasteiger partial charge in [-0.05, 0) is 18.1 Å². The summed E-state index contributed by atoms with van der Waals surface area (Å²) >= 11 is 0. The number of methoxy groups -OCH3 is 1. The second-order valence-electron chi connectivity index (χ2n) is 6.81. The van der Waals surface area contributed by atoms with Crippen molar-refractivity contribution in [2.75, 3.05) is 33.9 Å². The van der Waals surface area contributed by atoms with Crippen molar-refractivity contribution in [2.24, 2.45) is 10.9 Å². The first-order valence-corrected chi connectivity index (χ1v) is 9.49. The van der Waals surface area contributed by atoms with Gasteiger partial charge in [0.05, 0.1) is 20.3 Å². The molecule has 6 heteroatoms. The van der Waals surface area contributed by atoms with Crippen LogP contribution >= 0.6 is 24.0 Å². The molecule has 1 N–H and O–H groups in total. The van der Waals surface area contributed by atoms with Gasteiger partial charge in [-0.25, -0.2) is 0 Å². The monoisotopic (exact) mass is 495 g/mol. The Labute approximate surface area is 185 Å². The molecule has 5 nitrogen and oxygen atoms in total. The number of likely N-dealkylation sites (tertiary alicyclic amines) is 1. The normalized spacial score (nSPS) is 16.6. The Morgan fingerprint density at radius 1 is 1.14 bits per heavy atom. The Hall–Kier alpha value is -1.80. The van der Waals surface area contributed by atoms with Crippen molar-refractivity contribution in [1.29, 1.82) is 0 Å². The molecule has 3 rings (SSSR count). The molecule has 1 atom stereocenters. The second kappa shape index (κ2) is 11.9. The van der Waals surface area contributed by atoms with Gasteiger partial charge in [-0.15, -0.1) is 24.0 Å². The number of aliphatic imine (C=N–C) groups is 1. The summed E-state index contributed by atoms with van der Waals surface area (Å²) in [6.45, 7) is 4.14. The van der Waals surface area contributed by atoms with E-state index < -0.39 is 0 Å². The van der Waals surface area contributed by atoms with Gasteiger partial charge in [-0.2, -0.15) is 0 Å². The largest absolute Gasteiger partial charge is 0.496 e. The van der Waals surface area contributed by atoms with Crippen molar-refractivity contribution in [3.8, 4) is 5.75 Å². The molecule has 0 spiro atoms. The lowest BCUT2D eigenvalue weighted by atomic mass is 10.1. The molecule has 0 amide bonds. The van der Waals surface area contributed by atoms with Crippen LogP contribution in [0.5, 0.6) is 5.75 Å². The lowest BCUT2D eigenvalue weighted by Gasteiger charge is -2.22. The SMILES string of the molecule is CN=C(NCc1ccccc1OC)N1CCC(COCc2ccccc2)C1.I. The molecule has 0 aromatic heterocycles. The highest BCUT2D eigenvalue weighted by Crippen LogP contribution is 2.19. The van der Waals surface area contributed by atoms with Crippen LogP contribution in [0.1, 0.15) is 17.5 Å². The van der Waals surface area contributed by atoms with E-state index in [1.165, 1.54) is 5.56 Å². The summed E-state index contributed by atoms with van der Waals surface area (Å²) in [7, 11) is 3.54. The molecule has 2 aromatic rings. The van der Waals surface area contributed by atoms with Gasteiger partial charge < -0.3 is 19.7 Å². The van der Waals surface area contributed by atoms with E-state index in [1.54, 1.807) is 7.11 Å². The number of halogens is 1. The molecule has 0 saturated carbocycles. The van der Waals surface area contributed by atoms with Crippen LogP contribution in [0.3, 0.4) is 0 Å². The highest BCUT2D eigenvalue weighted by molar-refractivity contribution is 14.0. The summed E-state index contributed by atoms with van der Waals surface area (Å²) in [6.07, 6.45) is 1.13. The van der Waals surface area contributed by atoms with E-state index in [1.807, 2.05) is 43.4 Å². The average Bonchev–Trinajstić information content (AvgIpc) is 3.18. The van der Waals surface area contributed by atoms with Crippen LogP contribution in [0.25, 0.3) is 0 Å². The van der Waals surface area contributed by atoms with Crippen molar-refractivity contribution in [1.82, 2.24) is 10.2 Å². The van der Waals surface area contributed by atoms with E-state index in [4.69, 9.17) is 9.47 Å². The molecule has 1 aliphatic rings. The number of nitrogens with zero attached hydrogens (tertiary/aromatic N) is 2. The molecule has 1 aliphatic heterocycles. The van der Waals surface area contributed by atoms with E-state index >= 15 is 0 Å². The van der Waals surface area contributed by atoms with Gasteiger partial charge in [0.2, 0.25) is 0 Å². The highest BCUT2D eigenvalue weighted by Gasteiger charge is 2.25. The predicted molar refractivity (Wildman–Crippen MR) is 124 cm³/mol. The van der Waals surface area contributed by atoms with Crippen LogP contribution in [0, 0.1) is 5.92 Å². The summed E-state index contributed by atoms with van der Waals surface area (Å²) in [5.74, 6) is 2.37. The molecule has 2 aromatic carbocycles. The molecule has 1 saturated heterocycles. The smallest absolute Gasteiger partial charge is 0.193 e. The van der Waals surface area contributed by atoms with Crippen LogP contribution in [0.2, 0.25) is 0 Å². The second-order valence-corrected chi connectivity index (χ2v) is 6.81. The van der Waals surface area contributed by atoms with Crippen LogP contribution in [-0.2, 0) is 17.9 Å². The van der Waals surface area contributed by atoms with E-state index in [-0.39, 0.29) is 24.0 Å². The fourth-order valence-electron chi connectivity index (χ4n) is 3.43. The minimum Gasteiger partial charge on any atom is -0.496 e. The molecular weight excluding hydrogens is 465 g/mol. The number of benzene rings is 2. The molecule has 0 radical (unpaired) electrons. The fraction of sp³-hybridized carbons (Fsp3) is 0.409. The first-order valence-electron chi connectivity index (χ1n) is 9.49. The Morgan fingerprint density at radius 3 is 2.64 bits per heavy atom. The first-order chi connectivity index (χ1) is 13.3. The zero-order valence-electron chi connectivity index (χ0n) is 16.6. The lowest BCUT2D eigenvalue weighted by molar-refractivity contribution is 0.0906. The molecule has 1 heterocycles. The number of ether oxygens (including phenoxy) is 2. The van der Waals surface area contributed by atoms with Gasteiger partial charge >= 0.3 is 0 Å². The van der Waals surface area contributed by atoms with E-state index in [9.17, 15) is 0 Å². The highest BCUT2D eigenvalue weighted by atomic mass is 127. The lowest BCUT2D eigenvalue weighted by Crippen LogP contribution is -2.39. The van der Waals surface area contributed by atoms with Crippen molar-refractivity contribution in [2.45, 2.75) is 19.6 Å². The fourth-order valence-corrected chi connectivity index (χ4v) is 3.43. The molecule has 1 fully saturated rings. The van der Waals surface area contributed by atoms with Crippen molar-refractivity contribution < 1.29 is 9.47 Å². The Kier molecular flexibility index (Phi) is 9.57. The average molecular weight is 495 g/mol. The van der Waals surface area contributed by atoms with Gasteiger partial charge in [-0.1, -0.05) is 48.5 Å². The minimum atomic E-state index is 0. The standard InChI is InChI=1S/C22H29N3O2.HI/c1-23-22(24-14-20-10-6-7-11-21(20)26-2)25-13-12-19(15-25)17-27-16-18-8-4-3-5-9-18;/h3-11,19H,12-17H2,1-2H3,(H,23,24);1H. The molecule has 0 bridgehead atoms. The van der Waals surface area contributed by atoms with Crippen LogP contribution in [0.4, 0.5) is 0 Å². The quantitative estimate of drug-likeness (QED) is 0.360. The summed E-state index contributed by atoms with van der Waals surface area (Å²) in [6, 6.07) is 18.4. The minimum absolute atomic E-state index is 0. The first kappa shape index (κ1) is 22.5. The molecule has 152 valence electrons. The van der Waals surface area contributed by atoms with E-state index in [0.717, 1.165) is 43.4 Å². The van der Waals surface area contributed by atoms with Crippen LogP contribution in [0.15, 0.2) is 59.6 Å². The maximum atomic E-state index is 5.92. The molecular formula is C22H30IN3O2. The topological polar surface area (TPSA) is 46.1 Å². The Bertz CT molecular complexity index is 740. The summed E-state index contributed by atoms with van der Waals surface area (Å²) in [5.41, 5.74) is 2.35. The number of nitrogens with one attached hydrogen (secondary N) is 1. The van der Waals surface area contributed by atoms with Crippen LogP contribution < -0.4 is 10.1 Å². The van der Waals surface area contributed by atoms with Crippen molar-refractivity contribution in [3.63, 3.8) is 0 Å². The van der Waals surface area contributed by atoms with E-state index in [2.05, 4.69) is 33.4 Å². The number of para-hydroxylation sites is 1. The molecule has 1 unspecified atom stereocenters. The predicted octanol–water partition coefficient (Wildman–Crippen LogP) is 3.93. The van der Waals surface area contributed by atoms with E-state index in [0.29, 0.717) is 19.1 Å². The summed E-state index contributed by atoms with van der Waals surface area (Å²) in [4.78, 5) is 6.76.